The van der Waals surface area contributed by atoms with Crippen molar-refractivity contribution < 1.29 is 27.8 Å². The molecule has 0 radical (unpaired) electrons. The van der Waals surface area contributed by atoms with E-state index in [2.05, 4.69) is 10.2 Å². The Hall–Kier alpha value is -1.84. The third kappa shape index (κ3) is 6.16. The summed E-state index contributed by atoms with van der Waals surface area (Å²) >= 11 is 0. The highest BCUT2D eigenvalue weighted by atomic mass is 32.2. The Morgan fingerprint density at radius 1 is 1.00 bits per heavy atom. The van der Waals surface area contributed by atoms with Crippen LogP contribution in [0.5, 0.6) is 11.5 Å². The van der Waals surface area contributed by atoms with E-state index in [1.165, 1.54) is 19.3 Å². The van der Waals surface area contributed by atoms with E-state index in [9.17, 15) is 18.3 Å². The second-order valence-corrected chi connectivity index (χ2v) is 15.4. The number of nitrogens with one attached hydrogen (secondary N) is 1. The average Bonchev–Trinajstić information content (AvgIpc) is 3.42. The Labute approximate surface area is 240 Å². The summed E-state index contributed by atoms with van der Waals surface area (Å²) in [6.07, 6.45) is 8.93. The minimum atomic E-state index is -3.17. The van der Waals surface area contributed by atoms with Crippen LogP contribution in [0, 0.1) is 17.8 Å². The fourth-order valence-electron chi connectivity index (χ4n) is 8.43. The number of nitrogens with zero attached hydrogens (tertiary/aromatic N) is 1. The van der Waals surface area contributed by atoms with E-state index in [0.717, 1.165) is 45.2 Å². The summed E-state index contributed by atoms with van der Waals surface area (Å²) in [6.45, 7) is 3.47. The van der Waals surface area contributed by atoms with E-state index in [4.69, 9.17) is 9.47 Å². The summed E-state index contributed by atoms with van der Waals surface area (Å²) in [6, 6.07) is 4.98. The normalized spacial score (nSPS) is 30.5. The van der Waals surface area contributed by atoms with Crippen molar-refractivity contribution in [2.24, 2.45) is 17.8 Å². The van der Waals surface area contributed by atoms with Crippen LogP contribution in [0.15, 0.2) is 18.2 Å². The van der Waals surface area contributed by atoms with Crippen molar-refractivity contribution in [1.29, 1.82) is 0 Å². The van der Waals surface area contributed by atoms with Crippen LogP contribution in [-0.4, -0.2) is 73.7 Å². The van der Waals surface area contributed by atoms with Gasteiger partial charge in [0.05, 0.1) is 16.5 Å². The highest BCUT2D eigenvalue weighted by molar-refractivity contribution is 7.92. The molecule has 9 heteroatoms. The lowest BCUT2D eigenvalue weighted by Gasteiger charge is -2.56. The average molecular weight is 577 g/mol. The van der Waals surface area contributed by atoms with Gasteiger partial charge >= 0.3 is 0 Å². The third-order valence-corrected chi connectivity index (χ3v) is 12.6. The molecule has 0 aromatic heterocycles. The van der Waals surface area contributed by atoms with E-state index in [1.807, 2.05) is 12.1 Å². The zero-order valence-electron chi connectivity index (χ0n) is 23.0. The van der Waals surface area contributed by atoms with Gasteiger partial charge in [-0.2, -0.15) is 0 Å². The SMILES string of the molecule is C.O=C(CCCCS(=O)(=O)C12CC3CC(CC(C3)C1)C2)N[C@H](CN1CCCC1)[C@H](O)c1ccc2c(c1)OCCO2. The molecule has 2 heterocycles. The number of ether oxygens (including phenoxy) is 2. The Balaban J connectivity index is 0.00000323. The maximum Gasteiger partial charge on any atom is 0.220 e. The summed E-state index contributed by atoms with van der Waals surface area (Å²) in [4.78, 5) is 15.3. The van der Waals surface area contributed by atoms with Crippen molar-refractivity contribution in [1.82, 2.24) is 10.2 Å². The van der Waals surface area contributed by atoms with E-state index in [-0.39, 0.29) is 25.5 Å². The number of likely N-dealkylation sites (tertiary alicyclic amines) is 1. The van der Waals surface area contributed by atoms with E-state index in [0.29, 0.717) is 67.4 Å². The molecule has 5 fully saturated rings. The standard InChI is InChI=1S/C30H44N2O6S.CH4/c33-28(5-1-4-12-39(35,36)30-17-21-13-22(18-30)15-23(14-21)19-30)31-25(20-32-8-2-3-9-32)29(34)24-6-7-26-27(16-24)38-11-10-37-26;/h6-7,16,21-23,25,29,34H,1-5,8-15,17-20H2,(H,31,33);1H4/t21?,22?,23?,25-,29-,30?;/m1./s1. The first kappa shape index (κ1) is 29.6. The van der Waals surface area contributed by atoms with Crippen LogP contribution in [0.3, 0.4) is 0 Å². The summed E-state index contributed by atoms with van der Waals surface area (Å²) in [7, 11) is -3.17. The molecule has 40 heavy (non-hydrogen) atoms. The maximum absolute atomic E-state index is 13.5. The smallest absolute Gasteiger partial charge is 0.220 e. The number of amides is 1. The lowest BCUT2D eigenvalue weighted by atomic mass is 9.56. The van der Waals surface area contributed by atoms with Crippen LogP contribution in [0.2, 0.25) is 0 Å². The predicted octanol–water partition coefficient (Wildman–Crippen LogP) is 4.26. The molecule has 0 unspecified atom stereocenters. The molecular formula is C31H48N2O6S. The summed E-state index contributed by atoms with van der Waals surface area (Å²) < 4.78 is 37.8. The number of sulfone groups is 1. The van der Waals surface area contributed by atoms with E-state index >= 15 is 0 Å². The number of aliphatic hydroxyl groups is 1. The van der Waals surface area contributed by atoms with E-state index < -0.39 is 26.7 Å². The van der Waals surface area contributed by atoms with Gasteiger partial charge in [0.1, 0.15) is 19.3 Å². The lowest BCUT2D eigenvalue weighted by Crippen LogP contribution is -2.55. The second kappa shape index (κ2) is 12.2. The lowest BCUT2D eigenvalue weighted by molar-refractivity contribution is -0.123. The molecule has 1 aromatic carbocycles. The van der Waals surface area contributed by atoms with Crippen molar-refractivity contribution in [2.45, 2.75) is 94.9 Å². The zero-order valence-corrected chi connectivity index (χ0v) is 23.8. The molecule has 2 aliphatic heterocycles. The van der Waals surface area contributed by atoms with Crippen LogP contribution >= 0.6 is 0 Å². The van der Waals surface area contributed by atoms with Gasteiger partial charge in [0.15, 0.2) is 21.3 Å². The number of rotatable bonds is 11. The van der Waals surface area contributed by atoms with Gasteiger partial charge in [-0.15, -0.1) is 0 Å². The van der Waals surface area contributed by atoms with Crippen LogP contribution in [0.4, 0.5) is 0 Å². The van der Waals surface area contributed by atoms with Gasteiger partial charge in [-0.3, -0.25) is 4.79 Å². The number of carbonyl (C=O) groups is 1. The monoisotopic (exact) mass is 576 g/mol. The van der Waals surface area contributed by atoms with Gasteiger partial charge in [0.2, 0.25) is 5.91 Å². The highest BCUT2D eigenvalue weighted by Crippen LogP contribution is 2.58. The quantitative estimate of drug-likeness (QED) is 0.379. The molecule has 0 spiro atoms. The van der Waals surface area contributed by atoms with Gasteiger partial charge in [-0.05, 0) is 113 Å². The molecule has 1 aromatic rings. The molecular weight excluding hydrogens is 528 g/mol. The Morgan fingerprint density at radius 2 is 1.62 bits per heavy atom. The second-order valence-electron chi connectivity index (χ2n) is 12.9. The summed E-state index contributed by atoms with van der Waals surface area (Å²) in [5.41, 5.74) is 0.686. The zero-order chi connectivity index (χ0) is 27.0. The number of fused-ring (bicyclic) bond motifs is 1. The van der Waals surface area contributed by atoms with Crippen molar-refractivity contribution in [3.8, 4) is 11.5 Å². The Kier molecular flexibility index (Phi) is 9.03. The van der Waals surface area contributed by atoms with E-state index in [1.54, 1.807) is 6.07 Å². The van der Waals surface area contributed by atoms with Crippen molar-refractivity contribution in [3.63, 3.8) is 0 Å². The fraction of sp³-hybridized carbons (Fsp3) is 0.774. The summed E-state index contributed by atoms with van der Waals surface area (Å²) in [5, 5.41) is 14.4. The first-order valence-corrected chi connectivity index (χ1v) is 16.8. The molecule has 224 valence electrons. The molecule has 1 amide bonds. The predicted molar refractivity (Wildman–Crippen MR) is 155 cm³/mol. The minimum Gasteiger partial charge on any atom is -0.486 e. The number of benzene rings is 1. The molecule has 4 aliphatic carbocycles. The molecule has 2 atom stereocenters. The first-order valence-electron chi connectivity index (χ1n) is 15.1. The van der Waals surface area contributed by atoms with Crippen LogP contribution in [0.25, 0.3) is 0 Å². The minimum absolute atomic E-state index is 0. The number of carbonyl (C=O) groups excluding carboxylic acids is 1. The Bertz CT molecular complexity index is 1110. The van der Waals surface area contributed by atoms with Gasteiger partial charge in [-0.25, -0.2) is 8.42 Å². The molecule has 4 bridgehead atoms. The van der Waals surface area contributed by atoms with Crippen molar-refractivity contribution in [3.05, 3.63) is 23.8 Å². The van der Waals surface area contributed by atoms with Crippen LogP contribution < -0.4 is 14.8 Å². The van der Waals surface area contributed by atoms with Crippen molar-refractivity contribution >= 4 is 15.7 Å². The van der Waals surface area contributed by atoms with Gasteiger partial charge in [0.25, 0.3) is 0 Å². The molecule has 7 rings (SSSR count). The molecule has 8 nitrogen and oxygen atoms in total. The number of aliphatic hydroxyl groups excluding tert-OH is 1. The summed E-state index contributed by atoms with van der Waals surface area (Å²) in [5.74, 6) is 3.14. The molecule has 2 N–H and O–H groups in total. The highest BCUT2D eigenvalue weighted by Gasteiger charge is 2.56. The topological polar surface area (TPSA) is 105 Å². The molecule has 6 aliphatic rings. The number of hydrogen-bond donors (Lipinski definition) is 2. The van der Waals surface area contributed by atoms with Crippen LogP contribution in [-0.2, 0) is 14.6 Å². The first-order chi connectivity index (χ1) is 18.8. The van der Waals surface area contributed by atoms with Crippen LogP contribution in [0.1, 0.15) is 89.7 Å². The number of hydrogen-bond acceptors (Lipinski definition) is 7. The Morgan fingerprint density at radius 3 is 2.27 bits per heavy atom. The largest absolute Gasteiger partial charge is 0.486 e. The van der Waals surface area contributed by atoms with Gasteiger partial charge < -0.3 is 24.8 Å². The molecule has 4 saturated carbocycles. The maximum atomic E-state index is 13.5. The fourth-order valence-corrected chi connectivity index (χ4v) is 10.9. The third-order valence-electron chi connectivity index (χ3n) is 10.00. The van der Waals surface area contributed by atoms with Crippen molar-refractivity contribution in [2.75, 3.05) is 38.6 Å². The number of unbranched alkanes of at least 4 members (excludes halogenated alkanes) is 1. The van der Waals surface area contributed by atoms with Gasteiger partial charge in [0, 0.05) is 13.0 Å². The van der Waals surface area contributed by atoms with Gasteiger partial charge in [-0.1, -0.05) is 13.5 Å². The molecule has 1 saturated heterocycles.